The van der Waals surface area contributed by atoms with Crippen molar-refractivity contribution in [2.24, 2.45) is 0 Å². The summed E-state index contributed by atoms with van der Waals surface area (Å²) in [6, 6.07) is 9.26. The molecule has 5 nitrogen and oxygen atoms in total. The third kappa shape index (κ3) is 4.69. The molecule has 1 aromatic heterocycles. The second-order valence-electron chi connectivity index (χ2n) is 6.53. The first kappa shape index (κ1) is 18.2. The number of benzene rings is 1. The molecule has 0 saturated carbocycles. The molecule has 0 radical (unpaired) electrons. The zero-order valence-electron chi connectivity index (χ0n) is 14.7. The average Bonchev–Trinajstić information content (AvgIpc) is 3.05. The highest BCUT2D eigenvalue weighted by Crippen LogP contribution is 2.20. The van der Waals surface area contributed by atoms with Crippen molar-refractivity contribution in [3.63, 3.8) is 0 Å². The van der Waals surface area contributed by atoms with E-state index in [0.717, 1.165) is 16.8 Å². The molecule has 0 aliphatic heterocycles. The summed E-state index contributed by atoms with van der Waals surface area (Å²) < 4.78 is 5.25. The van der Waals surface area contributed by atoms with Crippen LogP contribution in [-0.4, -0.2) is 23.6 Å². The third-order valence-corrected chi connectivity index (χ3v) is 4.22. The van der Waals surface area contributed by atoms with Gasteiger partial charge in [-0.25, -0.2) is 0 Å². The number of amides is 1. The molecule has 2 unspecified atom stereocenters. The molecule has 3 N–H and O–H groups in total. The summed E-state index contributed by atoms with van der Waals surface area (Å²) in [5.41, 5.74) is 1.96. The maximum Gasteiger partial charge on any atom is 0.225 e. The van der Waals surface area contributed by atoms with E-state index in [0.29, 0.717) is 18.7 Å². The molecule has 130 valence electrons. The number of anilines is 1. The van der Waals surface area contributed by atoms with Crippen LogP contribution < -0.4 is 10.6 Å². The molecule has 2 atom stereocenters. The molecule has 0 fully saturated rings. The molecular weight excluding hydrogens is 304 g/mol. The molecule has 2 aromatic rings. The maximum atomic E-state index is 12.2. The quantitative estimate of drug-likeness (QED) is 0.729. The van der Waals surface area contributed by atoms with E-state index in [1.165, 1.54) is 6.26 Å². The lowest BCUT2D eigenvalue weighted by Gasteiger charge is -2.24. The van der Waals surface area contributed by atoms with Gasteiger partial charge in [-0.15, -0.1) is 0 Å². The zero-order chi connectivity index (χ0) is 17.7. The Hall–Kier alpha value is -2.11. The third-order valence-electron chi connectivity index (χ3n) is 4.22. The highest BCUT2D eigenvalue weighted by molar-refractivity contribution is 5.92. The largest absolute Gasteiger partial charge is 0.466 e. The van der Waals surface area contributed by atoms with Gasteiger partial charge >= 0.3 is 0 Å². The number of carbonyl (C=O) groups excluding carboxylic acids is 1. The van der Waals surface area contributed by atoms with Crippen LogP contribution in [0.1, 0.15) is 37.2 Å². The number of furan rings is 1. The molecular formula is C19H26N2O3. The van der Waals surface area contributed by atoms with Crippen molar-refractivity contribution in [1.29, 1.82) is 0 Å². The molecule has 0 spiro atoms. The number of carbonyl (C=O) groups is 1. The van der Waals surface area contributed by atoms with Gasteiger partial charge in [0.1, 0.15) is 11.4 Å². The fourth-order valence-electron chi connectivity index (χ4n) is 2.48. The van der Waals surface area contributed by atoms with E-state index in [1.807, 2.05) is 39.0 Å². The van der Waals surface area contributed by atoms with E-state index < -0.39 is 5.60 Å². The Morgan fingerprint density at radius 3 is 2.71 bits per heavy atom. The fraction of sp³-hybridized carbons (Fsp3) is 0.421. The van der Waals surface area contributed by atoms with Gasteiger partial charge in [0.2, 0.25) is 5.91 Å². The van der Waals surface area contributed by atoms with Crippen LogP contribution in [0.5, 0.6) is 0 Å². The van der Waals surface area contributed by atoms with Crippen LogP contribution >= 0.6 is 0 Å². The number of aryl methyl sites for hydroxylation is 1. The van der Waals surface area contributed by atoms with Crippen LogP contribution in [0.15, 0.2) is 41.0 Å². The zero-order valence-corrected chi connectivity index (χ0v) is 14.7. The summed E-state index contributed by atoms with van der Waals surface area (Å²) in [7, 11) is 0. The fourth-order valence-corrected chi connectivity index (χ4v) is 2.48. The Kier molecular flexibility index (Phi) is 5.80. The van der Waals surface area contributed by atoms with E-state index >= 15 is 0 Å². The number of nitrogens with one attached hydrogen (secondary N) is 2. The summed E-state index contributed by atoms with van der Waals surface area (Å²) in [4.78, 5) is 12.2. The Morgan fingerprint density at radius 2 is 2.04 bits per heavy atom. The van der Waals surface area contributed by atoms with Crippen LogP contribution in [0.25, 0.3) is 0 Å². The molecule has 0 bridgehead atoms. The van der Waals surface area contributed by atoms with Crippen molar-refractivity contribution in [2.75, 3.05) is 11.9 Å². The first-order valence-electron chi connectivity index (χ1n) is 8.15. The van der Waals surface area contributed by atoms with Gasteiger partial charge in [0.05, 0.1) is 6.26 Å². The Labute approximate surface area is 143 Å². The first-order chi connectivity index (χ1) is 11.3. The van der Waals surface area contributed by atoms with Crippen LogP contribution in [0.2, 0.25) is 0 Å². The van der Waals surface area contributed by atoms with Crippen molar-refractivity contribution >= 4 is 11.6 Å². The van der Waals surface area contributed by atoms with Crippen molar-refractivity contribution < 1.29 is 14.3 Å². The van der Waals surface area contributed by atoms with Crippen LogP contribution in [0, 0.1) is 13.8 Å². The van der Waals surface area contributed by atoms with Gasteiger partial charge in [-0.1, -0.05) is 12.1 Å². The van der Waals surface area contributed by atoms with Crippen molar-refractivity contribution in [2.45, 2.75) is 45.8 Å². The highest BCUT2D eigenvalue weighted by atomic mass is 16.4. The number of hydrogen-bond acceptors (Lipinski definition) is 4. The van der Waals surface area contributed by atoms with Gasteiger partial charge in [-0.3, -0.25) is 4.79 Å². The summed E-state index contributed by atoms with van der Waals surface area (Å²) in [6.45, 7) is 7.92. The Morgan fingerprint density at radius 1 is 1.29 bits per heavy atom. The predicted octanol–water partition coefficient (Wildman–Crippen LogP) is 3.11. The maximum absolute atomic E-state index is 12.2. The lowest BCUT2D eigenvalue weighted by molar-refractivity contribution is -0.116. The van der Waals surface area contributed by atoms with Crippen LogP contribution in [0.4, 0.5) is 5.69 Å². The van der Waals surface area contributed by atoms with E-state index in [-0.39, 0.29) is 11.9 Å². The smallest absolute Gasteiger partial charge is 0.225 e. The van der Waals surface area contributed by atoms with Gasteiger partial charge in [-0.05, 0) is 57.0 Å². The topological polar surface area (TPSA) is 74.5 Å². The van der Waals surface area contributed by atoms with Crippen LogP contribution in [0.3, 0.4) is 0 Å². The molecule has 0 aliphatic carbocycles. The minimum absolute atomic E-state index is 0.0543. The lowest BCUT2D eigenvalue weighted by Crippen LogP contribution is -2.40. The Balaban J connectivity index is 1.85. The van der Waals surface area contributed by atoms with E-state index in [2.05, 4.69) is 10.6 Å². The Bertz CT molecular complexity index is 678. The molecule has 24 heavy (non-hydrogen) atoms. The van der Waals surface area contributed by atoms with E-state index in [1.54, 1.807) is 19.1 Å². The average molecular weight is 330 g/mol. The van der Waals surface area contributed by atoms with Gasteiger partial charge in [0.15, 0.2) is 0 Å². The molecule has 1 aromatic carbocycles. The predicted molar refractivity (Wildman–Crippen MR) is 94.9 cm³/mol. The highest BCUT2D eigenvalue weighted by Gasteiger charge is 2.26. The van der Waals surface area contributed by atoms with Gasteiger partial charge < -0.3 is 20.2 Å². The second kappa shape index (κ2) is 7.64. The summed E-state index contributed by atoms with van der Waals surface area (Å²) in [5.74, 6) is 0.448. The molecule has 5 heteroatoms. The molecule has 0 saturated heterocycles. The summed E-state index contributed by atoms with van der Waals surface area (Å²) in [5, 5.41) is 16.5. The van der Waals surface area contributed by atoms with Crippen molar-refractivity contribution in [3.05, 3.63) is 53.5 Å². The van der Waals surface area contributed by atoms with Crippen molar-refractivity contribution in [1.82, 2.24) is 5.32 Å². The van der Waals surface area contributed by atoms with Gasteiger partial charge in [0.25, 0.3) is 0 Å². The van der Waals surface area contributed by atoms with Crippen LogP contribution in [-0.2, 0) is 10.4 Å². The minimum Gasteiger partial charge on any atom is -0.466 e. The number of aliphatic hydroxyl groups is 1. The minimum atomic E-state index is -1.11. The SMILES string of the molecule is Cc1cccc(NC(=O)CC(C)NCC(C)(O)c2ccco2)c1C. The number of hydrogen-bond donors (Lipinski definition) is 3. The van der Waals surface area contributed by atoms with Gasteiger partial charge in [0, 0.05) is 24.7 Å². The van der Waals surface area contributed by atoms with E-state index in [9.17, 15) is 9.90 Å². The molecule has 2 rings (SSSR count). The standard InChI is InChI=1S/C19H26N2O3/c1-13-7-5-8-16(15(13)3)21-18(22)11-14(2)20-12-19(4,23)17-9-6-10-24-17/h5-10,14,20,23H,11-12H2,1-4H3,(H,21,22). The van der Waals surface area contributed by atoms with E-state index in [4.69, 9.17) is 4.42 Å². The second-order valence-corrected chi connectivity index (χ2v) is 6.53. The first-order valence-corrected chi connectivity index (χ1v) is 8.15. The number of rotatable bonds is 7. The lowest BCUT2D eigenvalue weighted by atomic mass is 10.0. The molecule has 0 aliphatic rings. The normalized spacial score (nSPS) is 14.9. The summed E-state index contributed by atoms with van der Waals surface area (Å²) >= 11 is 0. The molecule has 1 heterocycles. The summed E-state index contributed by atoms with van der Waals surface area (Å²) in [6.07, 6.45) is 1.85. The van der Waals surface area contributed by atoms with Gasteiger partial charge in [-0.2, -0.15) is 0 Å². The van der Waals surface area contributed by atoms with Crippen molar-refractivity contribution in [3.8, 4) is 0 Å². The monoisotopic (exact) mass is 330 g/mol. The molecule has 1 amide bonds.